The van der Waals surface area contributed by atoms with E-state index in [1.807, 2.05) is 13.8 Å². The van der Waals surface area contributed by atoms with Crippen LogP contribution in [-0.2, 0) is 4.79 Å². The number of rotatable bonds is 6. The number of hydrogen-bond acceptors (Lipinski definition) is 6. The van der Waals surface area contributed by atoms with Crippen molar-refractivity contribution in [3.8, 4) is 11.3 Å². The molecule has 1 aliphatic rings. The van der Waals surface area contributed by atoms with Gasteiger partial charge in [-0.1, -0.05) is 11.6 Å². The van der Waals surface area contributed by atoms with E-state index >= 15 is 4.39 Å². The third-order valence-electron chi connectivity index (χ3n) is 5.57. The summed E-state index contributed by atoms with van der Waals surface area (Å²) in [6, 6.07) is -0.00438. The summed E-state index contributed by atoms with van der Waals surface area (Å²) in [6.45, 7) is 3.81. The molecule has 5 rings (SSSR count). The van der Waals surface area contributed by atoms with Gasteiger partial charge in [0.2, 0.25) is 5.91 Å². The molecule has 11 heteroatoms. The summed E-state index contributed by atoms with van der Waals surface area (Å²) in [4.78, 5) is 21.0. The van der Waals surface area contributed by atoms with Gasteiger partial charge in [-0.3, -0.25) is 14.9 Å². The smallest absolute Gasteiger partial charge is 0.229 e. The number of nitrogens with zero attached hydrogens (tertiary/aromatic N) is 4. The Bertz CT molecular complexity index is 1350. The topological polar surface area (TPSA) is 120 Å². The first-order valence-electron chi connectivity index (χ1n) is 10.2. The minimum atomic E-state index is -0.588. The van der Waals surface area contributed by atoms with Gasteiger partial charge in [0, 0.05) is 35.7 Å². The first kappa shape index (κ1) is 20.7. The van der Waals surface area contributed by atoms with Crippen molar-refractivity contribution in [3.63, 3.8) is 0 Å². The lowest BCUT2D eigenvalue weighted by molar-refractivity contribution is -0.117. The molecule has 3 heterocycles. The van der Waals surface area contributed by atoms with Gasteiger partial charge < -0.3 is 20.1 Å². The van der Waals surface area contributed by atoms with Gasteiger partial charge in [-0.05, 0) is 26.2 Å². The Morgan fingerprint density at radius 1 is 1.41 bits per heavy atom. The minimum Gasteiger partial charge on any atom is -0.396 e. The zero-order chi connectivity index (χ0) is 22.6. The van der Waals surface area contributed by atoms with Crippen LogP contribution in [0.25, 0.3) is 27.8 Å². The van der Waals surface area contributed by atoms with Gasteiger partial charge in [0.05, 0.1) is 40.5 Å². The maximum atomic E-state index is 15.2. The second kappa shape index (κ2) is 7.72. The number of aromatic amines is 1. The molecule has 0 saturated heterocycles. The first-order chi connectivity index (χ1) is 15.4. The maximum absolute atomic E-state index is 15.2. The Kier molecular flexibility index (Phi) is 4.98. The number of imidazole rings is 1. The van der Waals surface area contributed by atoms with Crippen LogP contribution >= 0.6 is 11.6 Å². The van der Waals surface area contributed by atoms with Crippen molar-refractivity contribution in [2.75, 3.05) is 17.2 Å². The van der Waals surface area contributed by atoms with Crippen molar-refractivity contribution >= 4 is 45.6 Å². The molecule has 1 aromatic carbocycles. The van der Waals surface area contributed by atoms with E-state index < -0.39 is 5.82 Å². The SMILES string of the molecule is CC(C)Nc1c(F)c(Cl)c(-c2cn3cc(NC(=O)C4CC4CO)nc3cn2)c2cn[nH]c12. The molecule has 4 aromatic rings. The molecule has 1 aliphatic carbocycles. The van der Waals surface area contributed by atoms with E-state index in [1.54, 1.807) is 23.0 Å². The van der Waals surface area contributed by atoms with Crippen LogP contribution in [0.2, 0.25) is 5.02 Å². The number of aliphatic hydroxyl groups excluding tert-OH is 1. The van der Waals surface area contributed by atoms with E-state index in [0.717, 1.165) is 0 Å². The van der Waals surface area contributed by atoms with Crippen molar-refractivity contribution in [2.45, 2.75) is 26.3 Å². The third kappa shape index (κ3) is 3.45. The van der Waals surface area contributed by atoms with Crippen LogP contribution in [0, 0.1) is 17.7 Å². The number of H-pyrrole nitrogens is 1. The fraction of sp³-hybridized carbons (Fsp3) is 0.333. The van der Waals surface area contributed by atoms with Gasteiger partial charge in [-0.15, -0.1) is 0 Å². The predicted octanol–water partition coefficient (Wildman–Crippen LogP) is 3.45. The fourth-order valence-electron chi connectivity index (χ4n) is 3.87. The monoisotopic (exact) mass is 457 g/mol. The molecule has 3 aromatic heterocycles. The second-order valence-corrected chi connectivity index (χ2v) is 8.65. The van der Waals surface area contributed by atoms with E-state index in [1.165, 1.54) is 6.20 Å². The number of amides is 1. The van der Waals surface area contributed by atoms with Crippen molar-refractivity contribution in [3.05, 3.63) is 35.6 Å². The average Bonchev–Trinajstić information content (AvgIpc) is 3.22. The Morgan fingerprint density at radius 3 is 2.94 bits per heavy atom. The predicted molar refractivity (Wildman–Crippen MR) is 119 cm³/mol. The fourth-order valence-corrected chi connectivity index (χ4v) is 4.16. The number of aromatic nitrogens is 5. The number of carbonyl (C=O) groups excluding carboxylic acids is 1. The molecule has 2 unspecified atom stereocenters. The van der Waals surface area contributed by atoms with E-state index in [9.17, 15) is 4.79 Å². The molecule has 32 heavy (non-hydrogen) atoms. The molecule has 1 saturated carbocycles. The molecule has 2 atom stereocenters. The van der Waals surface area contributed by atoms with Crippen LogP contribution in [0.15, 0.2) is 24.8 Å². The standard InChI is InChI=1S/C21H21ClFN7O2/c1-9(2)26-20-18(23)17(22)16(12-4-25-29-19(12)20)13-6-30-7-14(27-15(30)5-24-13)28-21(32)11-3-10(11)8-31/h4-7,9-11,26,31H,3,8H2,1-2H3,(H,25,29)(H,28,32). The van der Waals surface area contributed by atoms with Crippen LogP contribution < -0.4 is 10.6 Å². The number of carbonyl (C=O) groups is 1. The van der Waals surface area contributed by atoms with Crippen LogP contribution in [0.1, 0.15) is 20.3 Å². The normalized spacial score (nSPS) is 17.9. The summed E-state index contributed by atoms with van der Waals surface area (Å²) in [5.41, 5.74) is 2.11. The van der Waals surface area contributed by atoms with Crippen LogP contribution in [0.3, 0.4) is 0 Å². The highest BCUT2D eigenvalue weighted by Gasteiger charge is 2.42. The summed E-state index contributed by atoms with van der Waals surface area (Å²) in [5, 5.41) is 22.5. The van der Waals surface area contributed by atoms with Crippen molar-refractivity contribution in [1.29, 1.82) is 0 Å². The van der Waals surface area contributed by atoms with E-state index in [0.29, 0.717) is 40.0 Å². The van der Waals surface area contributed by atoms with Crippen molar-refractivity contribution in [1.82, 2.24) is 24.6 Å². The number of anilines is 2. The quantitative estimate of drug-likeness (QED) is 0.352. The molecular weight excluding hydrogens is 437 g/mol. The molecule has 1 amide bonds. The number of hydrogen-bond donors (Lipinski definition) is 4. The molecule has 0 aliphatic heterocycles. The lowest BCUT2D eigenvalue weighted by atomic mass is 10.1. The van der Waals surface area contributed by atoms with Crippen molar-refractivity contribution in [2.24, 2.45) is 11.8 Å². The Hall–Kier alpha value is -3.24. The van der Waals surface area contributed by atoms with E-state index in [2.05, 4.69) is 30.8 Å². The highest BCUT2D eigenvalue weighted by Crippen LogP contribution is 2.41. The van der Waals surface area contributed by atoms with Gasteiger partial charge >= 0.3 is 0 Å². The number of halogens is 2. The second-order valence-electron chi connectivity index (χ2n) is 8.27. The third-order valence-corrected chi connectivity index (χ3v) is 5.92. The average molecular weight is 458 g/mol. The summed E-state index contributed by atoms with van der Waals surface area (Å²) in [6.07, 6.45) is 7.11. The highest BCUT2D eigenvalue weighted by atomic mass is 35.5. The summed E-state index contributed by atoms with van der Waals surface area (Å²) < 4.78 is 16.9. The molecule has 0 bridgehead atoms. The highest BCUT2D eigenvalue weighted by molar-refractivity contribution is 6.35. The van der Waals surface area contributed by atoms with Gasteiger partial charge in [0.25, 0.3) is 0 Å². The molecule has 0 radical (unpaired) electrons. The van der Waals surface area contributed by atoms with Gasteiger partial charge in [0.1, 0.15) is 0 Å². The van der Waals surface area contributed by atoms with Crippen molar-refractivity contribution < 1.29 is 14.3 Å². The van der Waals surface area contributed by atoms with Gasteiger partial charge in [-0.2, -0.15) is 5.10 Å². The van der Waals surface area contributed by atoms with Gasteiger partial charge in [-0.25, -0.2) is 9.37 Å². The zero-order valence-electron chi connectivity index (χ0n) is 17.4. The van der Waals surface area contributed by atoms with Crippen LogP contribution in [-0.4, -0.2) is 48.2 Å². The Balaban J connectivity index is 1.53. The molecule has 4 N–H and O–H groups in total. The Morgan fingerprint density at radius 2 is 2.22 bits per heavy atom. The zero-order valence-corrected chi connectivity index (χ0v) is 18.1. The maximum Gasteiger partial charge on any atom is 0.229 e. The minimum absolute atomic E-state index is 0.00180. The molecule has 0 spiro atoms. The van der Waals surface area contributed by atoms with E-state index in [4.69, 9.17) is 16.7 Å². The lowest BCUT2D eigenvalue weighted by Crippen LogP contribution is -2.15. The first-order valence-corrected chi connectivity index (χ1v) is 10.6. The number of aliphatic hydroxyl groups is 1. The molecule has 1 fully saturated rings. The molecule has 166 valence electrons. The summed E-state index contributed by atoms with van der Waals surface area (Å²) in [5.74, 6) is -0.551. The van der Waals surface area contributed by atoms with Gasteiger partial charge in [0.15, 0.2) is 17.3 Å². The largest absolute Gasteiger partial charge is 0.396 e. The lowest BCUT2D eigenvalue weighted by Gasteiger charge is -2.15. The molecule has 9 nitrogen and oxygen atoms in total. The Labute approximate surface area is 187 Å². The van der Waals surface area contributed by atoms with Crippen LogP contribution in [0.5, 0.6) is 0 Å². The van der Waals surface area contributed by atoms with E-state index in [-0.39, 0.29) is 41.1 Å². The number of benzene rings is 1. The summed E-state index contributed by atoms with van der Waals surface area (Å²) in [7, 11) is 0. The number of nitrogens with one attached hydrogen (secondary N) is 3. The summed E-state index contributed by atoms with van der Waals surface area (Å²) >= 11 is 6.45. The number of fused-ring (bicyclic) bond motifs is 2. The molecular formula is C21H21ClFN7O2. The van der Waals surface area contributed by atoms with Crippen LogP contribution in [0.4, 0.5) is 15.9 Å².